The number of carbonyl (C=O) groups excluding carboxylic acids is 2. The van der Waals surface area contributed by atoms with E-state index in [2.05, 4.69) is 10.4 Å². The van der Waals surface area contributed by atoms with Gasteiger partial charge in [-0.15, -0.1) is 0 Å². The van der Waals surface area contributed by atoms with Crippen molar-refractivity contribution in [1.29, 1.82) is 0 Å². The Morgan fingerprint density at radius 3 is 2.71 bits per heavy atom. The van der Waals surface area contributed by atoms with Crippen molar-refractivity contribution in [3.05, 3.63) is 48.3 Å². The highest BCUT2D eigenvalue weighted by molar-refractivity contribution is 5.94. The number of hydrogen-bond donors (Lipinski definition) is 1. The van der Waals surface area contributed by atoms with Crippen molar-refractivity contribution in [1.82, 2.24) is 20.0 Å². The number of benzene rings is 1. The minimum absolute atomic E-state index is 0.00991. The number of nitrogens with one attached hydrogen (secondary N) is 1. The number of hydrogen-bond acceptors (Lipinski definition) is 4. The zero-order chi connectivity index (χ0) is 17.4. The van der Waals surface area contributed by atoms with Crippen LogP contribution in [0.25, 0.3) is 5.69 Å². The summed E-state index contributed by atoms with van der Waals surface area (Å²) in [6.45, 7) is 1.10. The Morgan fingerprint density at radius 2 is 2.00 bits per heavy atom. The predicted octanol–water partition coefficient (Wildman–Crippen LogP) is 1.10. The third-order valence-corrected chi connectivity index (χ3v) is 3.40. The second-order valence-corrected chi connectivity index (χ2v) is 5.34. The van der Waals surface area contributed by atoms with Crippen molar-refractivity contribution >= 4 is 11.8 Å². The first-order valence-electron chi connectivity index (χ1n) is 7.74. The van der Waals surface area contributed by atoms with Gasteiger partial charge in [0.2, 0.25) is 5.91 Å². The van der Waals surface area contributed by atoms with Gasteiger partial charge < -0.3 is 15.0 Å². The third-order valence-electron chi connectivity index (χ3n) is 3.40. The molecule has 1 aromatic heterocycles. The summed E-state index contributed by atoms with van der Waals surface area (Å²) >= 11 is 0. The van der Waals surface area contributed by atoms with Crippen LogP contribution >= 0.6 is 0 Å². The van der Waals surface area contributed by atoms with Gasteiger partial charge in [0.1, 0.15) is 0 Å². The van der Waals surface area contributed by atoms with Crippen LogP contribution in [0.4, 0.5) is 0 Å². The molecule has 0 atom stereocenters. The zero-order valence-electron chi connectivity index (χ0n) is 13.9. The summed E-state index contributed by atoms with van der Waals surface area (Å²) in [5, 5.41) is 7.02. The van der Waals surface area contributed by atoms with Crippen molar-refractivity contribution in [2.75, 3.05) is 33.9 Å². The molecule has 1 N–H and O–H groups in total. The van der Waals surface area contributed by atoms with Gasteiger partial charge in [-0.1, -0.05) is 18.2 Å². The van der Waals surface area contributed by atoms with Gasteiger partial charge >= 0.3 is 0 Å². The van der Waals surface area contributed by atoms with Crippen LogP contribution < -0.4 is 5.32 Å². The van der Waals surface area contributed by atoms with E-state index in [1.54, 1.807) is 31.1 Å². The lowest BCUT2D eigenvalue weighted by Gasteiger charge is -2.15. The van der Waals surface area contributed by atoms with Crippen molar-refractivity contribution in [3.8, 4) is 5.69 Å². The molecule has 7 heteroatoms. The number of aromatic nitrogens is 2. The van der Waals surface area contributed by atoms with Crippen LogP contribution in [-0.4, -0.2) is 60.3 Å². The van der Waals surface area contributed by atoms with Crippen molar-refractivity contribution < 1.29 is 14.3 Å². The van der Waals surface area contributed by atoms with Gasteiger partial charge in [-0.05, 0) is 24.6 Å². The molecule has 2 amide bonds. The van der Waals surface area contributed by atoms with Crippen LogP contribution in [-0.2, 0) is 9.53 Å². The van der Waals surface area contributed by atoms with E-state index in [0.29, 0.717) is 18.8 Å². The van der Waals surface area contributed by atoms with Crippen LogP contribution in [0.2, 0.25) is 0 Å². The molecule has 1 aromatic carbocycles. The molecule has 7 nitrogen and oxygen atoms in total. The molecule has 0 aliphatic carbocycles. The standard InChI is InChI=1S/C17H22N4O3/c1-20(13-16(22)18-10-6-12-24-2)17(23)15-9-11-21(19-15)14-7-4-3-5-8-14/h3-5,7-9,11H,6,10,12-13H2,1-2H3,(H,18,22). The summed E-state index contributed by atoms with van der Waals surface area (Å²) < 4.78 is 6.54. The van der Waals surface area contributed by atoms with Crippen molar-refractivity contribution in [3.63, 3.8) is 0 Å². The largest absolute Gasteiger partial charge is 0.385 e. The zero-order valence-corrected chi connectivity index (χ0v) is 13.9. The van der Waals surface area contributed by atoms with Gasteiger partial charge in [-0.2, -0.15) is 5.10 Å². The van der Waals surface area contributed by atoms with Crippen LogP contribution in [0, 0.1) is 0 Å². The summed E-state index contributed by atoms with van der Waals surface area (Å²) in [4.78, 5) is 25.5. The molecule has 0 fully saturated rings. The molecule has 0 saturated carbocycles. The minimum Gasteiger partial charge on any atom is -0.385 e. The van der Waals surface area contributed by atoms with E-state index in [4.69, 9.17) is 4.74 Å². The lowest BCUT2D eigenvalue weighted by atomic mass is 10.3. The van der Waals surface area contributed by atoms with E-state index in [0.717, 1.165) is 12.1 Å². The smallest absolute Gasteiger partial charge is 0.274 e. The maximum absolute atomic E-state index is 12.4. The average molecular weight is 330 g/mol. The molecule has 2 rings (SSSR count). The summed E-state index contributed by atoms with van der Waals surface area (Å²) in [5.41, 5.74) is 1.17. The SMILES string of the molecule is COCCCNC(=O)CN(C)C(=O)c1ccn(-c2ccccc2)n1. The van der Waals surface area contributed by atoms with Gasteiger partial charge in [0.05, 0.1) is 12.2 Å². The number of methoxy groups -OCH3 is 1. The molecule has 24 heavy (non-hydrogen) atoms. The normalized spacial score (nSPS) is 10.4. The average Bonchev–Trinajstić information content (AvgIpc) is 3.09. The fourth-order valence-electron chi connectivity index (χ4n) is 2.15. The van der Waals surface area contributed by atoms with E-state index < -0.39 is 0 Å². The molecule has 0 aliphatic heterocycles. The molecular weight excluding hydrogens is 308 g/mol. The van der Waals surface area contributed by atoms with Gasteiger partial charge in [-0.25, -0.2) is 4.68 Å². The highest BCUT2D eigenvalue weighted by atomic mass is 16.5. The third kappa shape index (κ3) is 4.92. The number of para-hydroxylation sites is 1. The van der Waals surface area contributed by atoms with Crippen molar-refractivity contribution in [2.45, 2.75) is 6.42 Å². The Kier molecular flexibility index (Phi) is 6.51. The maximum atomic E-state index is 12.4. The monoisotopic (exact) mass is 330 g/mol. The molecule has 128 valence electrons. The molecule has 0 unspecified atom stereocenters. The quantitative estimate of drug-likeness (QED) is 0.735. The van der Waals surface area contributed by atoms with E-state index in [1.165, 1.54) is 4.90 Å². The molecule has 0 spiro atoms. The molecule has 0 radical (unpaired) electrons. The Morgan fingerprint density at radius 1 is 1.25 bits per heavy atom. The second kappa shape index (κ2) is 8.83. The van der Waals surface area contributed by atoms with Crippen LogP contribution in [0.5, 0.6) is 0 Å². The number of likely N-dealkylation sites (N-methyl/N-ethyl adjacent to an activating group) is 1. The highest BCUT2D eigenvalue weighted by Gasteiger charge is 2.17. The fourth-order valence-corrected chi connectivity index (χ4v) is 2.15. The fraction of sp³-hybridized carbons (Fsp3) is 0.353. The Balaban J connectivity index is 1.89. The Hall–Kier alpha value is -2.67. The number of nitrogens with zero attached hydrogens (tertiary/aromatic N) is 3. The van der Waals surface area contributed by atoms with E-state index in [1.807, 2.05) is 30.3 Å². The summed E-state index contributed by atoms with van der Waals surface area (Å²) in [5.74, 6) is -0.499. The lowest BCUT2D eigenvalue weighted by molar-refractivity contribution is -0.121. The first kappa shape index (κ1) is 17.7. The maximum Gasteiger partial charge on any atom is 0.274 e. The van der Waals surface area contributed by atoms with Crippen LogP contribution in [0.1, 0.15) is 16.9 Å². The topological polar surface area (TPSA) is 76.5 Å². The highest BCUT2D eigenvalue weighted by Crippen LogP contribution is 2.08. The second-order valence-electron chi connectivity index (χ2n) is 5.34. The number of amides is 2. The van der Waals surface area contributed by atoms with Gasteiger partial charge in [-0.3, -0.25) is 9.59 Å². The molecule has 0 aliphatic rings. The predicted molar refractivity (Wildman–Crippen MR) is 90.0 cm³/mol. The van der Waals surface area contributed by atoms with Crippen LogP contribution in [0.3, 0.4) is 0 Å². The first-order valence-corrected chi connectivity index (χ1v) is 7.74. The minimum atomic E-state index is -0.295. The molecular formula is C17H22N4O3. The van der Waals surface area contributed by atoms with E-state index >= 15 is 0 Å². The van der Waals surface area contributed by atoms with Crippen molar-refractivity contribution in [2.24, 2.45) is 0 Å². The molecule has 2 aromatic rings. The number of rotatable bonds is 8. The molecule has 1 heterocycles. The molecule has 0 bridgehead atoms. The Bertz CT molecular complexity index is 669. The Labute approximate surface area is 141 Å². The van der Waals surface area contributed by atoms with Crippen LogP contribution in [0.15, 0.2) is 42.6 Å². The summed E-state index contributed by atoms with van der Waals surface area (Å²) in [7, 11) is 3.20. The number of carbonyl (C=O) groups is 2. The number of ether oxygens (including phenoxy) is 1. The van der Waals surface area contributed by atoms with Gasteiger partial charge in [0, 0.05) is 33.5 Å². The summed E-state index contributed by atoms with van der Waals surface area (Å²) in [6, 6.07) is 11.2. The van der Waals surface area contributed by atoms with Gasteiger partial charge in [0.25, 0.3) is 5.91 Å². The molecule has 0 saturated heterocycles. The van der Waals surface area contributed by atoms with E-state index in [9.17, 15) is 9.59 Å². The van der Waals surface area contributed by atoms with Gasteiger partial charge in [0.15, 0.2) is 5.69 Å². The lowest BCUT2D eigenvalue weighted by Crippen LogP contribution is -2.39. The summed E-state index contributed by atoms with van der Waals surface area (Å²) in [6.07, 6.45) is 2.46. The first-order chi connectivity index (χ1) is 11.6. The van der Waals surface area contributed by atoms with E-state index in [-0.39, 0.29) is 18.4 Å².